The first-order chi connectivity index (χ1) is 9.10. The number of hydrogen-bond acceptors (Lipinski definition) is 2. The van der Waals surface area contributed by atoms with Crippen molar-refractivity contribution in [3.8, 4) is 0 Å². The van der Waals surface area contributed by atoms with Gasteiger partial charge in [-0.05, 0) is 42.5 Å². The average molecular weight is 339 g/mol. The van der Waals surface area contributed by atoms with Crippen LogP contribution in [0.3, 0.4) is 0 Å². The van der Waals surface area contributed by atoms with E-state index in [1.165, 1.54) is 0 Å². The smallest absolute Gasteiger partial charge is 0.257 e. The molecule has 0 aliphatic rings. The Morgan fingerprint density at radius 2 is 1.84 bits per heavy atom. The van der Waals surface area contributed by atoms with E-state index in [1.807, 2.05) is 0 Å². The Labute approximate surface area is 123 Å². The minimum Gasteiger partial charge on any atom is -0.322 e. The molecule has 96 valence electrons. The topological polar surface area (TPSA) is 46.2 Å². The zero-order valence-electron chi connectivity index (χ0n) is 9.69. The van der Waals surface area contributed by atoms with Crippen molar-refractivity contribution in [3.63, 3.8) is 0 Å². The van der Waals surface area contributed by atoms with E-state index in [0.717, 1.165) is 10.8 Å². The molecule has 0 aliphatic heterocycles. The fourth-order valence-electron chi connectivity index (χ4n) is 1.52. The molecule has 2 aromatic rings. The van der Waals surface area contributed by atoms with Crippen LogP contribution in [-0.4, -0.2) is 12.2 Å². The number of rotatable bonds is 3. The molecule has 19 heavy (non-hydrogen) atoms. The molecule has 0 aliphatic carbocycles. The van der Waals surface area contributed by atoms with E-state index in [4.69, 9.17) is 11.6 Å². The third-order valence-electron chi connectivity index (χ3n) is 2.48. The summed E-state index contributed by atoms with van der Waals surface area (Å²) < 4.78 is 0.810. The van der Waals surface area contributed by atoms with Crippen LogP contribution in [0.5, 0.6) is 0 Å². The predicted octanol–water partition coefficient (Wildman–Crippen LogP) is 4.17. The minimum absolute atomic E-state index is 0.295. The third-order valence-corrected chi connectivity index (χ3v) is 3.29. The van der Waals surface area contributed by atoms with Gasteiger partial charge in [0, 0.05) is 15.7 Å². The first-order valence-electron chi connectivity index (χ1n) is 5.42. The summed E-state index contributed by atoms with van der Waals surface area (Å²) in [5, 5.41) is 3.09. The molecule has 0 spiro atoms. The summed E-state index contributed by atoms with van der Waals surface area (Å²) in [6, 6.07) is 11.6. The SMILES string of the molecule is O=Cc1ccc(NC(=O)c2ccc(Br)cc2Cl)cc1. The summed E-state index contributed by atoms with van der Waals surface area (Å²) in [6.45, 7) is 0. The van der Waals surface area contributed by atoms with Gasteiger partial charge in [-0.2, -0.15) is 0 Å². The van der Waals surface area contributed by atoms with Crippen LogP contribution in [0.4, 0.5) is 5.69 Å². The summed E-state index contributed by atoms with van der Waals surface area (Å²) in [5.41, 5.74) is 1.55. The van der Waals surface area contributed by atoms with Gasteiger partial charge in [-0.1, -0.05) is 27.5 Å². The number of benzene rings is 2. The van der Waals surface area contributed by atoms with E-state index in [9.17, 15) is 9.59 Å². The zero-order chi connectivity index (χ0) is 13.8. The molecule has 0 saturated heterocycles. The lowest BCUT2D eigenvalue weighted by atomic mass is 10.2. The van der Waals surface area contributed by atoms with Gasteiger partial charge in [0.1, 0.15) is 6.29 Å². The van der Waals surface area contributed by atoms with Crippen molar-refractivity contribution >= 4 is 45.4 Å². The van der Waals surface area contributed by atoms with E-state index < -0.39 is 0 Å². The fraction of sp³-hybridized carbons (Fsp3) is 0. The number of aldehydes is 1. The largest absolute Gasteiger partial charge is 0.322 e. The minimum atomic E-state index is -0.295. The van der Waals surface area contributed by atoms with Crippen LogP contribution in [0.25, 0.3) is 0 Å². The van der Waals surface area contributed by atoms with Crippen LogP contribution in [0.15, 0.2) is 46.9 Å². The highest BCUT2D eigenvalue weighted by atomic mass is 79.9. The van der Waals surface area contributed by atoms with Gasteiger partial charge in [0.15, 0.2) is 0 Å². The molecule has 0 unspecified atom stereocenters. The number of hydrogen-bond donors (Lipinski definition) is 1. The van der Waals surface area contributed by atoms with Crippen LogP contribution in [0.1, 0.15) is 20.7 Å². The van der Waals surface area contributed by atoms with Crippen molar-refractivity contribution in [1.29, 1.82) is 0 Å². The van der Waals surface area contributed by atoms with Crippen LogP contribution in [0.2, 0.25) is 5.02 Å². The lowest BCUT2D eigenvalue weighted by Gasteiger charge is -2.07. The monoisotopic (exact) mass is 337 g/mol. The van der Waals surface area contributed by atoms with E-state index in [0.29, 0.717) is 21.8 Å². The molecule has 0 saturated carbocycles. The molecule has 3 nitrogen and oxygen atoms in total. The molecule has 0 atom stereocenters. The van der Waals surface area contributed by atoms with Crippen molar-refractivity contribution in [2.24, 2.45) is 0 Å². The second-order valence-electron chi connectivity index (χ2n) is 3.82. The molecule has 0 heterocycles. The molecule has 0 aromatic heterocycles. The summed E-state index contributed by atoms with van der Waals surface area (Å²) in [6.07, 6.45) is 0.747. The van der Waals surface area contributed by atoms with Crippen molar-refractivity contribution in [1.82, 2.24) is 0 Å². The third kappa shape index (κ3) is 3.43. The Bertz CT molecular complexity index is 626. The van der Waals surface area contributed by atoms with Crippen LogP contribution in [0, 0.1) is 0 Å². The number of halogens is 2. The summed E-state index contributed by atoms with van der Waals surface area (Å²) in [4.78, 5) is 22.5. The van der Waals surface area contributed by atoms with Gasteiger partial charge in [0.25, 0.3) is 5.91 Å². The maximum absolute atomic E-state index is 12.0. The predicted molar refractivity (Wildman–Crippen MR) is 78.9 cm³/mol. The second-order valence-corrected chi connectivity index (χ2v) is 5.14. The van der Waals surface area contributed by atoms with E-state index in [1.54, 1.807) is 42.5 Å². The zero-order valence-corrected chi connectivity index (χ0v) is 12.0. The highest BCUT2D eigenvalue weighted by Crippen LogP contribution is 2.22. The number of amides is 1. The van der Waals surface area contributed by atoms with Crippen molar-refractivity contribution in [3.05, 3.63) is 63.1 Å². The van der Waals surface area contributed by atoms with Gasteiger partial charge < -0.3 is 5.32 Å². The highest BCUT2D eigenvalue weighted by molar-refractivity contribution is 9.10. The molecular weight excluding hydrogens is 330 g/mol. The Balaban J connectivity index is 2.18. The maximum Gasteiger partial charge on any atom is 0.257 e. The second kappa shape index (κ2) is 5.99. The number of carbonyl (C=O) groups is 2. The lowest BCUT2D eigenvalue weighted by Crippen LogP contribution is -2.12. The first-order valence-corrected chi connectivity index (χ1v) is 6.59. The maximum atomic E-state index is 12.0. The average Bonchev–Trinajstić information content (AvgIpc) is 2.39. The quantitative estimate of drug-likeness (QED) is 0.854. The van der Waals surface area contributed by atoms with Crippen LogP contribution in [-0.2, 0) is 0 Å². The molecule has 0 bridgehead atoms. The van der Waals surface area contributed by atoms with Gasteiger partial charge in [-0.25, -0.2) is 0 Å². The molecule has 2 aromatic carbocycles. The number of nitrogens with one attached hydrogen (secondary N) is 1. The van der Waals surface area contributed by atoms with Crippen molar-refractivity contribution in [2.75, 3.05) is 5.32 Å². The summed E-state index contributed by atoms with van der Waals surface area (Å²) >= 11 is 9.28. The number of anilines is 1. The molecule has 2 rings (SSSR count). The Morgan fingerprint density at radius 3 is 2.42 bits per heavy atom. The molecule has 1 N–H and O–H groups in total. The first kappa shape index (κ1) is 13.8. The summed E-state index contributed by atoms with van der Waals surface area (Å²) in [5.74, 6) is -0.295. The van der Waals surface area contributed by atoms with Gasteiger partial charge in [-0.3, -0.25) is 9.59 Å². The molecule has 5 heteroatoms. The standard InChI is InChI=1S/C14H9BrClNO2/c15-10-3-6-12(13(16)7-10)14(19)17-11-4-1-9(8-18)2-5-11/h1-8H,(H,17,19). The Kier molecular flexibility index (Phi) is 4.35. The van der Waals surface area contributed by atoms with E-state index in [2.05, 4.69) is 21.2 Å². The van der Waals surface area contributed by atoms with Crippen LogP contribution >= 0.6 is 27.5 Å². The van der Waals surface area contributed by atoms with E-state index >= 15 is 0 Å². The van der Waals surface area contributed by atoms with Gasteiger partial charge in [0.05, 0.1) is 10.6 Å². The van der Waals surface area contributed by atoms with Gasteiger partial charge in [-0.15, -0.1) is 0 Å². The molecule has 0 radical (unpaired) electrons. The Morgan fingerprint density at radius 1 is 1.16 bits per heavy atom. The van der Waals surface area contributed by atoms with Crippen molar-refractivity contribution in [2.45, 2.75) is 0 Å². The highest BCUT2D eigenvalue weighted by Gasteiger charge is 2.10. The molecule has 1 amide bonds. The Hall–Kier alpha value is -1.65. The normalized spacial score (nSPS) is 10.0. The van der Waals surface area contributed by atoms with Crippen molar-refractivity contribution < 1.29 is 9.59 Å². The van der Waals surface area contributed by atoms with E-state index in [-0.39, 0.29) is 5.91 Å². The fourth-order valence-corrected chi connectivity index (χ4v) is 2.28. The van der Waals surface area contributed by atoms with Gasteiger partial charge >= 0.3 is 0 Å². The van der Waals surface area contributed by atoms with Gasteiger partial charge in [0.2, 0.25) is 0 Å². The summed E-state index contributed by atoms with van der Waals surface area (Å²) in [7, 11) is 0. The number of carbonyl (C=O) groups excluding carboxylic acids is 2. The lowest BCUT2D eigenvalue weighted by molar-refractivity contribution is 0.102. The molecule has 0 fully saturated rings. The molecular formula is C14H9BrClNO2. The van der Waals surface area contributed by atoms with Crippen LogP contribution < -0.4 is 5.32 Å².